The van der Waals surface area contributed by atoms with Crippen LogP contribution in [0.25, 0.3) is 0 Å². The van der Waals surface area contributed by atoms with Gasteiger partial charge in [-0.3, -0.25) is 0 Å². The van der Waals surface area contributed by atoms with Crippen LogP contribution in [-0.4, -0.2) is 0 Å². The van der Waals surface area contributed by atoms with Gasteiger partial charge in [0.15, 0.2) is 0 Å². The summed E-state index contributed by atoms with van der Waals surface area (Å²) in [5, 5.41) is 0. The predicted molar refractivity (Wildman–Crippen MR) is 35.4 cm³/mol. The Balaban J connectivity index is 1.75. The third kappa shape index (κ3) is 2.02. The first-order valence-electron chi connectivity index (χ1n) is 3.44. The summed E-state index contributed by atoms with van der Waals surface area (Å²) >= 11 is 0. The van der Waals surface area contributed by atoms with Crippen LogP contribution in [0.4, 0.5) is 0 Å². The van der Waals surface area contributed by atoms with E-state index in [1.54, 1.807) is 0 Å². The number of hydrogen-bond acceptors (Lipinski definition) is 0. The smallest absolute Gasteiger partial charge is 0.0812 e. The van der Waals surface area contributed by atoms with E-state index in [4.69, 9.17) is 0 Å². The maximum atomic E-state index is 3.04. The van der Waals surface area contributed by atoms with Gasteiger partial charge in [-0.05, 0) is 6.42 Å². The molecule has 0 aromatic heterocycles. The predicted octanol–water partition coefficient (Wildman–Crippen LogP) is 2.20. The molecule has 0 heterocycles. The molecular weight excluding hydrogens is 96.1 g/mol. The van der Waals surface area contributed by atoms with Gasteiger partial charge in [0.1, 0.15) is 0 Å². The molecule has 0 amide bonds. The Kier molecular flexibility index (Phi) is 1.97. The van der Waals surface area contributed by atoms with Crippen LogP contribution >= 0.6 is 0 Å². The third-order valence-electron chi connectivity index (χ3n) is 1.44. The van der Waals surface area contributed by atoms with Crippen molar-refractivity contribution in [3.05, 3.63) is 0 Å². The zero-order valence-corrected chi connectivity index (χ0v) is 5.41. The van der Waals surface area contributed by atoms with Gasteiger partial charge in [0.2, 0.25) is 0 Å². The highest BCUT2D eigenvalue weighted by molar-refractivity contribution is 5.29. The summed E-state index contributed by atoms with van der Waals surface area (Å²) in [4.78, 5) is 0. The lowest BCUT2D eigenvalue weighted by molar-refractivity contribution is 0.649. The molecule has 8 heavy (non-hydrogen) atoms. The van der Waals surface area contributed by atoms with Gasteiger partial charge in [0.25, 0.3) is 0 Å². The van der Waals surface area contributed by atoms with Gasteiger partial charge in [0, 0.05) is 0 Å². The average Bonchev–Trinajstić information content (AvgIpc) is 2.51. The first-order chi connectivity index (χ1) is 3.93. The average molecular weight is 108 g/mol. The molecule has 0 aliphatic heterocycles. The molecule has 0 unspecified atom stereocenters. The maximum absolute atomic E-state index is 3.04. The number of rotatable bonds is 4. The van der Waals surface area contributed by atoms with Crippen molar-refractivity contribution < 1.29 is 0 Å². The molecule has 1 rings (SSSR count). The highest BCUT2D eigenvalue weighted by Gasteiger charge is 2.07. The first kappa shape index (κ1) is 5.69. The summed E-state index contributed by atoms with van der Waals surface area (Å²) in [5.41, 5.74) is 0. The lowest BCUT2D eigenvalue weighted by Crippen LogP contribution is -1.79. The van der Waals surface area contributed by atoms with Crippen molar-refractivity contribution in [2.45, 2.75) is 32.6 Å². The molecule has 0 fully saturated rings. The summed E-state index contributed by atoms with van der Waals surface area (Å²) in [6.45, 7) is 2.23. The van der Waals surface area contributed by atoms with E-state index in [1.165, 1.54) is 25.7 Å². The van der Waals surface area contributed by atoms with Gasteiger partial charge >= 0.3 is 0 Å². The van der Waals surface area contributed by atoms with Crippen molar-refractivity contribution >= 4 is 0 Å². The molecule has 0 heteroatoms. The van der Waals surface area contributed by atoms with Gasteiger partial charge in [-0.1, -0.05) is 38.0 Å². The van der Waals surface area contributed by atoms with E-state index >= 15 is 0 Å². The van der Waals surface area contributed by atoms with Crippen molar-refractivity contribution in [1.82, 2.24) is 0 Å². The Morgan fingerprint density at radius 3 is 2.50 bits per heavy atom. The van der Waals surface area contributed by atoms with Crippen LogP contribution in [-0.2, 0) is 0 Å². The van der Waals surface area contributed by atoms with Gasteiger partial charge in [-0.2, -0.15) is 0 Å². The highest BCUT2D eigenvalue weighted by atomic mass is 14.1. The molecule has 1 aliphatic carbocycles. The Bertz CT molecular complexity index is 106. The minimum Gasteiger partial charge on any atom is -0.0855 e. The van der Waals surface area contributed by atoms with Crippen molar-refractivity contribution in [3.63, 3.8) is 0 Å². The molecule has 0 radical (unpaired) electrons. The summed E-state index contributed by atoms with van der Waals surface area (Å²) in [7, 11) is 0. The molecule has 0 saturated heterocycles. The van der Waals surface area contributed by atoms with Crippen molar-refractivity contribution in [2.75, 3.05) is 0 Å². The van der Waals surface area contributed by atoms with E-state index in [0.717, 1.165) is 0 Å². The van der Waals surface area contributed by atoms with Crippen LogP contribution in [0.5, 0.6) is 0 Å². The molecule has 0 nitrogen and oxygen atoms in total. The quantitative estimate of drug-likeness (QED) is 0.382. The van der Waals surface area contributed by atoms with Crippen LogP contribution < -0.4 is 0 Å². The second-order valence-corrected chi connectivity index (χ2v) is 2.34. The minimum atomic E-state index is 0.654. The lowest BCUT2D eigenvalue weighted by Gasteiger charge is -1.92. The van der Waals surface area contributed by atoms with Crippen LogP contribution in [0, 0.1) is 17.8 Å². The monoisotopic (exact) mass is 108 g/mol. The highest BCUT2D eigenvalue weighted by Crippen LogP contribution is 2.14. The fourth-order valence-electron chi connectivity index (χ4n) is 0.802. The standard InChI is InChI=1S/C8H12/c1-2-3-4-5-8-6-7-8/h8H,2-5H2,1H3. The second-order valence-electron chi connectivity index (χ2n) is 2.34. The molecular formula is C8H12. The Morgan fingerprint density at radius 1 is 1.25 bits per heavy atom. The Labute approximate surface area is 51.3 Å². The van der Waals surface area contributed by atoms with E-state index in [9.17, 15) is 0 Å². The second kappa shape index (κ2) is 2.77. The summed E-state index contributed by atoms with van der Waals surface area (Å²) < 4.78 is 0. The molecule has 1 aliphatic rings. The van der Waals surface area contributed by atoms with Crippen LogP contribution in [0.2, 0.25) is 0 Å². The summed E-state index contributed by atoms with van der Waals surface area (Å²) in [5.74, 6) is 6.74. The van der Waals surface area contributed by atoms with E-state index in [0.29, 0.717) is 5.92 Å². The van der Waals surface area contributed by atoms with Crippen LogP contribution in [0.15, 0.2) is 0 Å². The third-order valence-corrected chi connectivity index (χ3v) is 1.44. The minimum absolute atomic E-state index is 0.654. The molecule has 0 aromatic carbocycles. The molecule has 0 saturated carbocycles. The van der Waals surface area contributed by atoms with Gasteiger partial charge in [-0.25, -0.2) is 0 Å². The molecule has 0 spiro atoms. The largest absolute Gasteiger partial charge is 0.0855 e. The number of unbranched alkanes of at least 4 members (excludes halogenated alkanes) is 2. The van der Waals surface area contributed by atoms with Gasteiger partial charge < -0.3 is 0 Å². The molecule has 0 atom stereocenters. The van der Waals surface area contributed by atoms with Crippen LogP contribution in [0.3, 0.4) is 0 Å². The SMILES string of the molecule is CCCCCC1C#C1. The molecule has 44 valence electrons. The zero-order valence-electron chi connectivity index (χ0n) is 5.41. The Morgan fingerprint density at radius 2 is 2.00 bits per heavy atom. The van der Waals surface area contributed by atoms with Gasteiger partial charge in [0.05, 0.1) is 5.92 Å². The fraction of sp³-hybridized carbons (Fsp3) is 0.750. The lowest BCUT2D eigenvalue weighted by atomic mass is 10.1. The number of hydrogen-bond donors (Lipinski definition) is 0. The zero-order chi connectivity index (χ0) is 5.82. The fourth-order valence-corrected chi connectivity index (χ4v) is 0.802. The van der Waals surface area contributed by atoms with E-state index in [-0.39, 0.29) is 0 Å². The van der Waals surface area contributed by atoms with Crippen molar-refractivity contribution in [2.24, 2.45) is 5.92 Å². The molecule has 0 aromatic rings. The van der Waals surface area contributed by atoms with E-state index in [2.05, 4.69) is 18.8 Å². The molecule has 0 N–H and O–H groups in total. The maximum Gasteiger partial charge on any atom is 0.0812 e. The van der Waals surface area contributed by atoms with Crippen LogP contribution in [0.1, 0.15) is 32.6 Å². The van der Waals surface area contributed by atoms with Crippen molar-refractivity contribution in [3.8, 4) is 11.8 Å². The summed E-state index contributed by atoms with van der Waals surface area (Å²) in [6, 6.07) is 0. The molecule has 0 bridgehead atoms. The first-order valence-corrected chi connectivity index (χ1v) is 3.44. The Hall–Kier alpha value is -0.440. The summed E-state index contributed by atoms with van der Waals surface area (Å²) in [6.07, 6.45) is 5.36. The van der Waals surface area contributed by atoms with Gasteiger partial charge in [-0.15, -0.1) is 0 Å². The topological polar surface area (TPSA) is 0 Å². The normalized spacial score (nSPS) is 15.1. The van der Waals surface area contributed by atoms with E-state index < -0.39 is 0 Å². The van der Waals surface area contributed by atoms with Crippen molar-refractivity contribution in [1.29, 1.82) is 0 Å². The van der Waals surface area contributed by atoms with E-state index in [1.807, 2.05) is 0 Å².